The average molecular weight is 278 g/mol. The zero-order valence-electron chi connectivity index (χ0n) is 11.7. The van der Waals surface area contributed by atoms with E-state index >= 15 is 0 Å². The first-order valence-corrected chi connectivity index (χ1v) is 7.38. The number of aromatic nitrogens is 2. The third kappa shape index (κ3) is 3.02. The molecule has 2 heterocycles. The van der Waals surface area contributed by atoms with Crippen molar-refractivity contribution < 1.29 is 9.53 Å². The molecule has 1 saturated carbocycles. The fraction of sp³-hybridized carbons (Fsp3) is 0.714. The first kappa shape index (κ1) is 13.6. The fourth-order valence-electron chi connectivity index (χ4n) is 2.68. The average Bonchev–Trinajstić information content (AvgIpc) is 2.97. The molecule has 1 atom stereocenters. The van der Waals surface area contributed by atoms with Crippen LogP contribution in [0.1, 0.15) is 29.8 Å². The maximum atomic E-state index is 12.6. The van der Waals surface area contributed by atoms with Crippen LogP contribution < -0.4 is 5.73 Å². The molecule has 110 valence electrons. The summed E-state index contributed by atoms with van der Waals surface area (Å²) in [4.78, 5) is 18.8. The van der Waals surface area contributed by atoms with Crippen LogP contribution >= 0.6 is 0 Å². The fourth-order valence-corrected chi connectivity index (χ4v) is 2.68. The molecule has 2 fully saturated rings. The van der Waals surface area contributed by atoms with Crippen molar-refractivity contribution in [3.05, 3.63) is 18.2 Å². The van der Waals surface area contributed by atoms with Crippen molar-refractivity contribution in [1.82, 2.24) is 14.5 Å². The second kappa shape index (κ2) is 5.93. The van der Waals surface area contributed by atoms with Crippen molar-refractivity contribution in [1.29, 1.82) is 0 Å². The molecule has 0 radical (unpaired) electrons. The van der Waals surface area contributed by atoms with E-state index in [1.54, 1.807) is 12.5 Å². The SMILES string of the molecule is NCCn1cnc(C(=O)N(CC2CCOC2)C2CC2)c1. The Balaban J connectivity index is 1.67. The number of carbonyl (C=O) groups excluding carboxylic acids is 1. The first-order chi connectivity index (χ1) is 9.78. The Hall–Kier alpha value is -1.40. The van der Waals surface area contributed by atoms with E-state index in [2.05, 4.69) is 4.98 Å². The van der Waals surface area contributed by atoms with Crippen molar-refractivity contribution in [3.8, 4) is 0 Å². The zero-order chi connectivity index (χ0) is 13.9. The molecule has 1 aliphatic carbocycles. The number of imidazole rings is 1. The van der Waals surface area contributed by atoms with E-state index in [0.29, 0.717) is 30.7 Å². The highest BCUT2D eigenvalue weighted by molar-refractivity contribution is 5.92. The Bertz CT molecular complexity index is 463. The van der Waals surface area contributed by atoms with E-state index in [4.69, 9.17) is 10.5 Å². The molecule has 0 spiro atoms. The summed E-state index contributed by atoms with van der Waals surface area (Å²) in [5.41, 5.74) is 6.05. The van der Waals surface area contributed by atoms with Gasteiger partial charge >= 0.3 is 0 Å². The highest BCUT2D eigenvalue weighted by Gasteiger charge is 2.35. The van der Waals surface area contributed by atoms with Crippen molar-refractivity contribution in [2.75, 3.05) is 26.3 Å². The minimum absolute atomic E-state index is 0.0511. The second-order valence-corrected chi connectivity index (χ2v) is 5.70. The van der Waals surface area contributed by atoms with E-state index in [1.807, 2.05) is 9.47 Å². The maximum Gasteiger partial charge on any atom is 0.274 e. The van der Waals surface area contributed by atoms with E-state index in [1.165, 1.54) is 0 Å². The molecular weight excluding hydrogens is 256 g/mol. The lowest BCUT2D eigenvalue weighted by atomic mass is 10.1. The molecule has 6 nitrogen and oxygen atoms in total. The summed E-state index contributed by atoms with van der Waals surface area (Å²) in [5.74, 6) is 0.529. The Morgan fingerprint density at radius 1 is 1.50 bits per heavy atom. The molecule has 1 saturated heterocycles. The molecule has 2 aliphatic rings. The smallest absolute Gasteiger partial charge is 0.274 e. The molecule has 2 N–H and O–H groups in total. The van der Waals surface area contributed by atoms with Crippen LogP contribution in [0.15, 0.2) is 12.5 Å². The summed E-state index contributed by atoms with van der Waals surface area (Å²) in [6.07, 6.45) is 6.77. The van der Waals surface area contributed by atoms with Gasteiger partial charge in [0.15, 0.2) is 0 Å². The first-order valence-electron chi connectivity index (χ1n) is 7.38. The quantitative estimate of drug-likeness (QED) is 0.821. The standard InChI is InChI=1S/C14H22N4O2/c15-4-5-17-8-13(16-10-17)14(19)18(12-1-2-12)7-11-3-6-20-9-11/h8,10-12H,1-7,9,15H2. The minimum Gasteiger partial charge on any atom is -0.381 e. The molecular formula is C14H22N4O2. The molecule has 1 aromatic heterocycles. The summed E-state index contributed by atoms with van der Waals surface area (Å²) >= 11 is 0. The highest BCUT2D eigenvalue weighted by atomic mass is 16.5. The largest absolute Gasteiger partial charge is 0.381 e. The molecule has 3 rings (SSSR count). The van der Waals surface area contributed by atoms with Gasteiger partial charge in [0.05, 0.1) is 12.9 Å². The van der Waals surface area contributed by atoms with Crippen molar-refractivity contribution in [2.24, 2.45) is 11.7 Å². The summed E-state index contributed by atoms with van der Waals surface area (Å²) in [6, 6.07) is 0.405. The lowest BCUT2D eigenvalue weighted by Gasteiger charge is -2.24. The molecule has 0 aromatic carbocycles. The third-order valence-corrected chi connectivity index (χ3v) is 3.97. The van der Waals surface area contributed by atoms with Gasteiger partial charge < -0.3 is 19.9 Å². The van der Waals surface area contributed by atoms with Crippen LogP contribution in [0.25, 0.3) is 0 Å². The van der Waals surface area contributed by atoms with Gasteiger partial charge in [-0.3, -0.25) is 4.79 Å². The van der Waals surface area contributed by atoms with Gasteiger partial charge in [0.25, 0.3) is 5.91 Å². The number of hydrogen-bond acceptors (Lipinski definition) is 4. The zero-order valence-corrected chi connectivity index (χ0v) is 11.7. The molecule has 1 unspecified atom stereocenters. The summed E-state index contributed by atoms with van der Waals surface area (Å²) in [6.45, 7) is 3.64. The highest BCUT2D eigenvalue weighted by Crippen LogP contribution is 2.30. The van der Waals surface area contributed by atoms with Crippen molar-refractivity contribution in [2.45, 2.75) is 31.8 Å². The molecule has 20 heavy (non-hydrogen) atoms. The van der Waals surface area contributed by atoms with Gasteiger partial charge in [-0.05, 0) is 19.3 Å². The van der Waals surface area contributed by atoms with Gasteiger partial charge in [-0.15, -0.1) is 0 Å². The molecule has 1 aromatic rings. The number of nitrogens with zero attached hydrogens (tertiary/aromatic N) is 3. The Kier molecular flexibility index (Phi) is 4.03. The lowest BCUT2D eigenvalue weighted by Crippen LogP contribution is -2.37. The maximum absolute atomic E-state index is 12.6. The summed E-state index contributed by atoms with van der Waals surface area (Å²) < 4.78 is 7.28. The van der Waals surface area contributed by atoms with Gasteiger partial charge in [-0.2, -0.15) is 0 Å². The molecule has 0 bridgehead atoms. The second-order valence-electron chi connectivity index (χ2n) is 5.70. The van der Waals surface area contributed by atoms with Crippen LogP contribution in [0, 0.1) is 5.92 Å². The Morgan fingerprint density at radius 2 is 2.35 bits per heavy atom. The van der Waals surface area contributed by atoms with E-state index in [0.717, 1.165) is 39.0 Å². The van der Waals surface area contributed by atoms with Crippen LogP contribution in [0.2, 0.25) is 0 Å². The van der Waals surface area contributed by atoms with E-state index in [-0.39, 0.29) is 5.91 Å². The van der Waals surface area contributed by atoms with Crippen LogP contribution in [-0.4, -0.2) is 52.7 Å². The van der Waals surface area contributed by atoms with Crippen molar-refractivity contribution in [3.63, 3.8) is 0 Å². The minimum atomic E-state index is 0.0511. The normalized spacial score (nSPS) is 22.1. The molecule has 1 amide bonds. The molecule has 1 aliphatic heterocycles. The van der Waals surface area contributed by atoms with Gasteiger partial charge in [0, 0.05) is 44.4 Å². The summed E-state index contributed by atoms with van der Waals surface area (Å²) in [5, 5.41) is 0. The third-order valence-electron chi connectivity index (χ3n) is 3.97. The topological polar surface area (TPSA) is 73.4 Å². The monoisotopic (exact) mass is 278 g/mol. The van der Waals surface area contributed by atoms with E-state index in [9.17, 15) is 4.79 Å². The number of hydrogen-bond donors (Lipinski definition) is 1. The predicted octanol–water partition coefficient (Wildman–Crippen LogP) is 0.483. The van der Waals surface area contributed by atoms with Gasteiger partial charge in [-0.25, -0.2) is 4.98 Å². The van der Waals surface area contributed by atoms with Gasteiger partial charge in [-0.1, -0.05) is 0 Å². The Morgan fingerprint density at radius 3 is 3.00 bits per heavy atom. The number of nitrogens with two attached hydrogens (primary N) is 1. The van der Waals surface area contributed by atoms with Gasteiger partial charge in [0.1, 0.15) is 5.69 Å². The lowest BCUT2D eigenvalue weighted by molar-refractivity contribution is 0.0700. The van der Waals surface area contributed by atoms with Gasteiger partial charge in [0.2, 0.25) is 0 Å². The van der Waals surface area contributed by atoms with Crippen LogP contribution in [0.5, 0.6) is 0 Å². The Labute approximate surface area is 118 Å². The number of carbonyl (C=O) groups is 1. The van der Waals surface area contributed by atoms with Crippen LogP contribution in [-0.2, 0) is 11.3 Å². The van der Waals surface area contributed by atoms with Crippen LogP contribution in [0.4, 0.5) is 0 Å². The van der Waals surface area contributed by atoms with Crippen molar-refractivity contribution >= 4 is 5.91 Å². The molecule has 6 heteroatoms. The number of ether oxygens (including phenoxy) is 1. The van der Waals surface area contributed by atoms with E-state index < -0.39 is 0 Å². The number of amides is 1. The number of rotatable bonds is 6. The van der Waals surface area contributed by atoms with Crippen LogP contribution in [0.3, 0.4) is 0 Å². The summed E-state index contributed by atoms with van der Waals surface area (Å²) in [7, 11) is 0. The predicted molar refractivity (Wildman–Crippen MR) is 74.3 cm³/mol.